The van der Waals surface area contributed by atoms with E-state index in [9.17, 15) is 13.2 Å². The Morgan fingerprint density at radius 3 is 2.74 bits per heavy atom. The Hall–Kier alpha value is -1.86. The quantitative estimate of drug-likeness (QED) is 0.701. The monoisotopic (exact) mass is 448 g/mol. The number of hydrogen-bond acceptors (Lipinski definition) is 3. The number of allylic oxidation sites excluding steroid dienone is 3. The first-order valence-electron chi connectivity index (χ1n) is 9.03. The molecule has 0 radical (unpaired) electrons. The van der Waals surface area contributed by atoms with Crippen LogP contribution in [0.3, 0.4) is 0 Å². The summed E-state index contributed by atoms with van der Waals surface area (Å²) in [6, 6.07) is 7.39. The van der Waals surface area contributed by atoms with Crippen molar-refractivity contribution in [3.63, 3.8) is 0 Å². The average Bonchev–Trinajstić information content (AvgIpc) is 3.07. The van der Waals surface area contributed by atoms with Gasteiger partial charge in [0.2, 0.25) is 15.9 Å². The Morgan fingerprint density at radius 2 is 2.00 bits per heavy atom. The second-order valence-electron chi connectivity index (χ2n) is 7.30. The fourth-order valence-corrected chi connectivity index (χ4v) is 6.45. The van der Waals surface area contributed by atoms with E-state index in [0.29, 0.717) is 30.6 Å². The fraction of sp³-hybridized carbons (Fsp3) is 0.350. The number of fused-ring (bicyclic) bond motifs is 1. The Balaban J connectivity index is 1.89. The molecule has 2 heterocycles. The summed E-state index contributed by atoms with van der Waals surface area (Å²) in [6.45, 7) is 2.35. The summed E-state index contributed by atoms with van der Waals surface area (Å²) in [6.07, 6.45) is 9.64. The van der Waals surface area contributed by atoms with Crippen molar-refractivity contribution >= 4 is 48.5 Å². The smallest absolute Gasteiger partial charge is 0.248 e. The van der Waals surface area contributed by atoms with Crippen molar-refractivity contribution in [3.8, 4) is 0 Å². The number of para-hydroxylation sites is 1. The molecule has 7 heteroatoms. The first kappa shape index (κ1) is 18.5. The molecule has 0 N–H and O–H groups in total. The number of amides is 1. The number of anilines is 1. The number of nitrogens with zero attached hydrogens (tertiary/aromatic N) is 2. The molecule has 2 aromatic rings. The molecule has 1 aromatic heterocycles. The zero-order valence-corrected chi connectivity index (χ0v) is 17.5. The third-order valence-electron chi connectivity index (χ3n) is 5.36. The van der Waals surface area contributed by atoms with E-state index >= 15 is 0 Å². The maximum absolute atomic E-state index is 13.6. The Labute approximate surface area is 167 Å². The number of rotatable bonds is 3. The van der Waals surface area contributed by atoms with Crippen molar-refractivity contribution in [2.45, 2.75) is 37.4 Å². The fourth-order valence-electron chi connectivity index (χ4n) is 3.84. The van der Waals surface area contributed by atoms with Gasteiger partial charge >= 0.3 is 0 Å². The molecule has 4 rings (SSSR count). The molecule has 1 aliphatic heterocycles. The van der Waals surface area contributed by atoms with Gasteiger partial charge in [0.25, 0.3) is 0 Å². The Kier molecular flexibility index (Phi) is 4.55. The Bertz CT molecular complexity index is 1080. The second-order valence-corrected chi connectivity index (χ2v) is 10.6. The molecule has 5 nitrogen and oxygen atoms in total. The van der Waals surface area contributed by atoms with E-state index in [-0.39, 0.29) is 5.91 Å². The third-order valence-corrected chi connectivity index (χ3v) is 8.19. The van der Waals surface area contributed by atoms with Gasteiger partial charge in [0.1, 0.15) is 4.75 Å². The number of carbonyl (C=O) groups is 1. The van der Waals surface area contributed by atoms with Gasteiger partial charge in [-0.05, 0) is 36.4 Å². The highest BCUT2D eigenvalue weighted by Gasteiger charge is 2.40. The van der Waals surface area contributed by atoms with Crippen LogP contribution in [0.1, 0.15) is 32.6 Å². The van der Waals surface area contributed by atoms with Crippen molar-refractivity contribution in [2.75, 3.05) is 11.4 Å². The second kappa shape index (κ2) is 6.63. The number of carbonyl (C=O) groups excluding carboxylic acids is 1. The average molecular weight is 449 g/mol. The summed E-state index contributed by atoms with van der Waals surface area (Å²) in [5, 5.41) is 0.812. The topological polar surface area (TPSA) is 59.4 Å². The molecule has 1 unspecified atom stereocenters. The zero-order chi connectivity index (χ0) is 19.2. The molecule has 0 spiro atoms. The molecule has 0 saturated carbocycles. The van der Waals surface area contributed by atoms with Gasteiger partial charge < -0.3 is 4.90 Å². The standard InChI is InChI=1S/C20H21BrN2O3S/c1-20(11-5-7-16(21)14-20)27(25,26)23-13-10-15-6-4-8-17(19(15)23)22-12-3-2-9-18(22)24/h4-8,10-11,13H,2-3,9,12,14H2,1H3. The van der Waals surface area contributed by atoms with Crippen molar-refractivity contribution in [1.29, 1.82) is 0 Å². The maximum atomic E-state index is 13.6. The van der Waals surface area contributed by atoms with Gasteiger partial charge in [0.05, 0.1) is 11.2 Å². The van der Waals surface area contributed by atoms with Gasteiger partial charge in [0, 0.05) is 31.0 Å². The van der Waals surface area contributed by atoms with Gasteiger partial charge in [-0.2, -0.15) is 0 Å². The van der Waals surface area contributed by atoms with E-state index < -0.39 is 14.8 Å². The molecular formula is C20H21BrN2O3S. The van der Waals surface area contributed by atoms with Crippen LogP contribution in [0.15, 0.2) is 53.2 Å². The summed E-state index contributed by atoms with van der Waals surface area (Å²) in [4.78, 5) is 14.2. The van der Waals surface area contributed by atoms with Gasteiger partial charge in [-0.3, -0.25) is 4.79 Å². The minimum Gasteiger partial charge on any atom is -0.310 e. The minimum atomic E-state index is -3.74. The van der Waals surface area contributed by atoms with Crippen LogP contribution in [0, 0.1) is 0 Å². The van der Waals surface area contributed by atoms with Crippen LogP contribution in [-0.2, 0) is 14.8 Å². The van der Waals surface area contributed by atoms with E-state index in [0.717, 1.165) is 22.7 Å². The molecule has 1 atom stereocenters. The number of hydrogen-bond donors (Lipinski definition) is 0. The highest BCUT2D eigenvalue weighted by Crippen LogP contribution is 2.38. The summed E-state index contributed by atoms with van der Waals surface area (Å²) < 4.78 is 28.4. The highest BCUT2D eigenvalue weighted by molar-refractivity contribution is 9.11. The molecular weight excluding hydrogens is 428 g/mol. The number of aromatic nitrogens is 1. The molecule has 27 heavy (non-hydrogen) atoms. The lowest BCUT2D eigenvalue weighted by atomic mass is 10.0. The molecule has 1 aromatic carbocycles. The minimum absolute atomic E-state index is 0.0494. The number of halogens is 1. The first-order chi connectivity index (χ1) is 12.8. The van der Waals surface area contributed by atoms with E-state index in [1.54, 1.807) is 36.2 Å². The van der Waals surface area contributed by atoms with Gasteiger partial charge in [-0.25, -0.2) is 12.4 Å². The van der Waals surface area contributed by atoms with Crippen LogP contribution in [0.5, 0.6) is 0 Å². The van der Waals surface area contributed by atoms with Crippen LogP contribution in [0.25, 0.3) is 10.9 Å². The first-order valence-corrected chi connectivity index (χ1v) is 11.3. The SMILES string of the molecule is CC1(S(=O)(=O)n2ccc3cccc(N4CCCCC4=O)c32)C=CC=C(Br)C1. The van der Waals surface area contributed by atoms with E-state index in [2.05, 4.69) is 15.9 Å². The molecule has 1 aliphatic carbocycles. The number of piperidine rings is 1. The van der Waals surface area contributed by atoms with Crippen LogP contribution < -0.4 is 4.90 Å². The lowest BCUT2D eigenvalue weighted by Crippen LogP contribution is -2.39. The van der Waals surface area contributed by atoms with Crippen molar-refractivity contribution < 1.29 is 13.2 Å². The van der Waals surface area contributed by atoms with Crippen LogP contribution in [0.4, 0.5) is 5.69 Å². The molecule has 1 saturated heterocycles. The summed E-state index contributed by atoms with van der Waals surface area (Å²) >= 11 is 3.44. The van der Waals surface area contributed by atoms with E-state index in [4.69, 9.17) is 0 Å². The normalized spacial score (nSPS) is 23.7. The lowest BCUT2D eigenvalue weighted by molar-refractivity contribution is -0.119. The van der Waals surface area contributed by atoms with Gasteiger partial charge in [0.15, 0.2) is 0 Å². The predicted molar refractivity (Wildman–Crippen MR) is 112 cm³/mol. The summed E-state index contributed by atoms with van der Waals surface area (Å²) in [5.41, 5.74) is 1.25. The highest BCUT2D eigenvalue weighted by atomic mass is 79.9. The number of benzene rings is 1. The van der Waals surface area contributed by atoms with Crippen molar-refractivity contribution in [2.24, 2.45) is 0 Å². The van der Waals surface area contributed by atoms with Crippen LogP contribution in [0.2, 0.25) is 0 Å². The summed E-state index contributed by atoms with van der Waals surface area (Å²) in [7, 11) is -3.74. The van der Waals surface area contributed by atoms with Crippen molar-refractivity contribution in [1.82, 2.24) is 3.97 Å². The lowest BCUT2D eigenvalue weighted by Gasteiger charge is -2.31. The van der Waals surface area contributed by atoms with E-state index in [1.165, 1.54) is 3.97 Å². The van der Waals surface area contributed by atoms with Gasteiger partial charge in [-0.15, -0.1) is 0 Å². The van der Waals surface area contributed by atoms with Crippen LogP contribution >= 0.6 is 15.9 Å². The molecule has 2 aliphatic rings. The zero-order valence-electron chi connectivity index (χ0n) is 15.1. The molecule has 0 bridgehead atoms. The maximum Gasteiger partial charge on any atom is 0.248 e. The largest absolute Gasteiger partial charge is 0.310 e. The van der Waals surface area contributed by atoms with Crippen LogP contribution in [-0.4, -0.2) is 29.6 Å². The third kappa shape index (κ3) is 2.97. The van der Waals surface area contributed by atoms with Crippen molar-refractivity contribution in [3.05, 3.63) is 53.2 Å². The summed E-state index contributed by atoms with van der Waals surface area (Å²) in [5.74, 6) is 0.0494. The predicted octanol–water partition coefficient (Wildman–Crippen LogP) is 4.33. The Morgan fingerprint density at radius 1 is 1.19 bits per heavy atom. The van der Waals surface area contributed by atoms with E-state index in [1.807, 2.05) is 24.3 Å². The molecule has 1 amide bonds. The molecule has 1 fully saturated rings. The molecule has 142 valence electrons. The van der Waals surface area contributed by atoms with Gasteiger partial charge in [-0.1, -0.05) is 46.3 Å².